The summed E-state index contributed by atoms with van der Waals surface area (Å²) < 4.78 is 3.46. The average Bonchev–Trinajstić information content (AvgIpc) is 2.97. The van der Waals surface area contributed by atoms with E-state index >= 15 is 0 Å². The van der Waals surface area contributed by atoms with Crippen LogP contribution in [0.3, 0.4) is 0 Å². The zero-order chi connectivity index (χ0) is 12.7. The van der Waals surface area contributed by atoms with Crippen LogP contribution in [-0.4, -0.2) is 16.3 Å². The molecule has 18 heavy (non-hydrogen) atoms. The molecular formula is C14H22BrN3. The molecule has 1 saturated carbocycles. The molecule has 1 aromatic heterocycles. The minimum Gasteiger partial charge on any atom is -0.369 e. The Morgan fingerprint density at radius 1 is 1.28 bits per heavy atom. The lowest BCUT2D eigenvalue weighted by molar-refractivity contribution is 0.320. The van der Waals surface area contributed by atoms with Gasteiger partial charge in [-0.3, -0.25) is 0 Å². The summed E-state index contributed by atoms with van der Waals surface area (Å²) >= 11 is 3.78. The third-order valence-corrected chi connectivity index (χ3v) is 5.22. The normalized spacial score (nSPS) is 24.3. The summed E-state index contributed by atoms with van der Waals surface area (Å²) in [6.45, 7) is 5.66. The van der Waals surface area contributed by atoms with Gasteiger partial charge in [0.15, 0.2) is 0 Å². The quantitative estimate of drug-likeness (QED) is 0.881. The van der Waals surface area contributed by atoms with Crippen LogP contribution in [0.1, 0.15) is 63.6 Å². The van der Waals surface area contributed by atoms with Gasteiger partial charge in [-0.15, -0.1) is 0 Å². The number of nitrogens with one attached hydrogen (secondary N) is 1. The molecule has 0 bridgehead atoms. The van der Waals surface area contributed by atoms with Gasteiger partial charge in [0.25, 0.3) is 0 Å². The maximum atomic E-state index is 4.94. The Balaban J connectivity index is 1.98. The summed E-state index contributed by atoms with van der Waals surface area (Å²) in [6.07, 6.45) is 6.52. The number of hydrogen-bond donors (Lipinski definition) is 1. The summed E-state index contributed by atoms with van der Waals surface area (Å²) in [5.41, 5.74) is 1.29. The van der Waals surface area contributed by atoms with Crippen molar-refractivity contribution < 1.29 is 0 Å². The molecule has 0 radical (unpaired) electrons. The smallest absolute Gasteiger partial charge is 0.139 e. The molecule has 1 aromatic rings. The number of rotatable bonds is 2. The molecule has 0 spiro atoms. The van der Waals surface area contributed by atoms with E-state index in [-0.39, 0.29) is 0 Å². The van der Waals surface area contributed by atoms with Gasteiger partial charge in [0, 0.05) is 12.5 Å². The van der Waals surface area contributed by atoms with E-state index in [0.717, 1.165) is 6.54 Å². The highest BCUT2D eigenvalue weighted by Gasteiger charge is 2.31. The first-order valence-electron chi connectivity index (χ1n) is 7.20. The molecule has 1 aliphatic carbocycles. The summed E-state index contributed by atoms with van der Waals surface area (Å²) in [5.74, 6) is 2.53. The SMILES string of the molecule is CC(C)C1CCNc2c(Br)c(C3CCCC3)nn21. The summed E-state index contributed by atoms with van der Waals surface area (Å²) in [7, 11) is 0. The molecule has 1 aliphatic heterocycles. The lowest BCUT2D eigenvalue weighted by atomic mass is 10.00. The molecule has 100 valence electrons. The van der Waals surface area contributed by atoms with E-state index in [4.69, 9.17) is 5.10 Å². The van der Waals surface area contributed by atoms with Crippen LogP contribution in [-0.2, 0) is 0 Å². The molecule has 4 heteroatoms. The van der Waals surface area contributed by atoms with Crippen molar-refractivity contribution >= 4 is 21.7 Å². The second-order valence-electron chi connectivity index (χ2n) is 6.00. The van der Waals surface area contributed by atoms with E-state index in [1.807, 2.05) is 0 Å². The number of anilines is 1. The van der Waals surface area contributed by atoms with E-state index in [2.05, 4.69) is 39.8 Å². The highest BCUT2D eigenvalue weighted by atomic mass is 79.9. The van der Waals surface area contributed by atoms with Gasteiger partial charge < -0.3 is 5.32 Å². The molecule has 2 aliphatic rings. The molecule has 1 atom stereocenters. The van der Waals surface area contributed by atoms with Crippen molar-refractivity contribution in [2.24, 2.45) is 5.92 Å². The molecule has 3 rings (SSSR count). The molecule has 3 nitrogen and oxygen atoms in total. The van der Waals surface area contributed by atoms with E-state index in [9.17, 15) is 0 Å². The Bertz CT molecular complexity index is 432. The van der Waals surface area contributed by atoms with Crippen molar-refractivity contribution in [3.05, 3.63) is 10.2 Å². The Labute approximate surface area is 117 Å². The van der Waals surface area contributed by atoms with Crippen LogP contribution in [0, 0.1) is 5.92 Å². The molecule has 0 amide bonds. The monoisotopic (exact) mass is 311 g/mol. The number of halogens is 1. The number of nitrogens with zero attached hydrogens (tertiary/aromatic N) is 2. The lowest BCUT2D eigenvalue weighted by Gasteiger charge is -2.28. The van der Waals surface area contributed by atoms with Gasteiger partial charge in [0.2, 0.25) is 0 Å². The van der Waals surface area contributed by atoms with Gasteiger partial charge in [-0.2, -0.15) is 5.10 Å². The maximum Gasteiger partial charge on any atom is 0.139 e. The van der Waals surface area contributed by atoms with Crippen LogP contribution in [0.15, 0.2) is 4.47 Å². The van der Waals surface area contributed by atoms with Gasteiger partial charge in [0.05, 0.1) is 16.2 Å². The van der Waals surface area contributed by atoms with E-state index in [1.165, 1.54) is 48.1 Å². The van der Waals surface area contributed by atoms with Crippen molar-refractivity contribution in [1.29, 1.82) is 0 Å². The second kappa shape index (κ2) is 4.87. The maximum absolute atomic E-state index is 4.94. The zero-order valence-electron chi connectivity index (χ0n) is 11.2. The van der Waals surface area contributed by atoms with Crippen LogP contribution in [0.5, 0.6) is 0 Å². The minimum atomic E-state index is 0.549. The van der Waals surface area contributed by atoms with E-state index < -0.39 is 0 Å². The number of fused-ring (bicyclic) bond motifs is 1. The van der Waals surface area contributed by atoms with Crippen molar-refractivity contribution in [3.8, 4) is 0 Å². The number of aromatic nitrogens is 2. The molecule has 0 aromatic carbocycles. The Kier molecular flexibility index (Phi) is 3.39. The molecule has 2 heterocycles. The van der Waals surface area contributed by atoms with E-state index in [1.54, 1.807) is 0 Å². The van der Waals surface area contributed by atoms with Crippen LogP contribution >= 0.6 is 15.9 Å². The van der Waals surface area contributed by atoms with Gasteiger partial charge in [-0.25, -0.2) is 4.68 Å². The largest absolute Gasteiger partial charge is 0.369 e. The minimum absolute atomic E-state index is 0.549. The number of hydrogen-bond acceptors (Lipinski definition) is 2. The Morgan fingerprint density at radius 3 is 2.67 bits per heavy atom. The molecule has 0 saturated heterocycles. The lowest BCUT2D eigenvalue weighted by Crippen LogP contribution is -2.27. The fourth-order valence-electron chi connectivity index (χ4n) is 3.37. The predicted octanol–water partition coefficient (Wildman–Crippen LogP) is 4.32. The first-order chi connectivity index (χ1) is 8.68. The van der Waals surface area contributed by atoms with Crippen LogP contribution < -0.4 is 5.32 Å². The standard InChI is InChI=1S/C14H22BrN3/c1-9(2)11-7-8-16-14-12(15)13(17-18(11)14)10-5-3-4-6-10/h9-11,16H,3-8H2,1-2H3. The molecular weight excluding hydrogens is 290 g/mol. The second-order valence-corrected chi connectivity index (χ2v) is 6.79. The Hall–Kier alpha value is -0.510. The molecule has 1 unspecified atom stereocenters. The zero-order valence-corrected chi connectivity index (χ0v) is 12.8. The summed E-state index contributed by atoms with van der Waals surface area (Å²) in [5, 5.41) is 8.46. The van der Waals surface area contributed by atoms with Crippen molar-refractivity contribution in [2.75, 3.05) is 11.9 Å². The highest BCUT2D eigenvalue weighted by Crippen LogP contribution is 2.42. The van der Waals surface area contributed by atoms with Crippen molar-refractivity contribution in [1.82, 2.24) is 9.78 Å². The first-order valence-corrected chi connectivity index (χ1v) is 7.99. The molecule has 1 fully saturated rings. The Morgan fingerprint density at radius 2 is 2.00 bits per heavy atom. The topological polar surface area (TPSA) is 29.9 Å². The van der Waals surface area contributed by atoms with Gasteiger partial charge in [-0.05, 0) is 41.1 Å². The fourth-order valence-corrected chi connectivity index (χ4v) is 4.09. The van der Waals surface area contributed by atoms with E-state index in [0.29, 0.717) is 17.9 Å². The fraction of sp³-hybridized carbons (Fsp3) is 0.786. The van der Waals surface area contributed by atoms with Gasteiger partial charge in [0.1, 0.15) is 5.82 Å². The van der Waals surface area contributed by atoms with Crippen molar-refractivity contribution in [2.45, 2.75) is 57.9 Å². The van der Waals surface area contributed by atoms with Gasteiger partial charge in [-0.1, -0.05) is 26.7 Å². The molecule has 1 N–H and O–H groups in total. The van der Waals surface area contributed by atoms with Crippen molar-refractivity contribution in [3.63, 3.8) is 0 Å². The predicted molar refractivity (Wildman–Crippen MR) is 78.1 cm³/mol. The average molecular weight is 312 g/mol. The van der Waals surface area contributed by atoms with Gasteiger partial charge >= 0.3 is 0 Å². The van der Waals surface area contributed by atoms with Crippen LogP contribution in [0.25, 0.3) is 0 Å². The van der Waals surface area contributed by atoms with Crippen LogP contribution in [0.2, 0.25) is 0 Å². The van der Waals surface area contributed by atoms with Crippen LogP contribution in [0.4, 0.5) is 5.82 Å². The third-order valence-electron chi connectivity index (χ3n) is 4.44. The summed E-state index contributed by atoms with van der Waals surface area (Å²) in [6, 6.07) is 0.549. The summed E-state index contributed by atoms with van der Waals surface area (Å²) in [4.78, 5) is 0. The highest BCUT2D eigenvalue weighted by molar-refractivity contribution is 9.10. The first kappa shape index (κ1) is 12.5. The third kappa shape index (κ3) is 1.98.